The Kier molecular flexibility index (Phi) is 3.19. The minimum Gasteiger partial charge on any atom is -0.312 e. The van der Waals surface area contributed by atoms with Gasteiger partial charge in [-0.25, -0.2) is 4.98 Å². The second-order valence-electron chi connectivity index (χ2n) is 6.08. The summed E-state index contributed by atoms with van der Waals surface area (Å²) >= 11 is 1.85. The van der Waals surface area contributed by atoms with E-state index >= 15 is 0 Å². The van der Waals surface area contributed by atoms with Gasteiger partial charge in [0.25, 0.3) is 0 Å². The molecule has 3 rings (SSSR count). The van der Waals surface area contributed by atoms with Crippen LogP contribution in [0, 0.1) is 5.41 Å². The van der Waals surface area contributed by atoms with Gasteiger partial charge in [-0.3, -0.25) is 0 Å². The van der Waals surface area contributed by atoms with Gasteiger partial charge in [-0.2, -0.15) is 0 Å². The van der Waals surface area contributed by atoms with E-state index in [0.29, 0.717) is 11.5 Å². The van der Waals surface area contributed by atoms with E-state index < -0.39 is 0 Å². The van der Waals surface area contributed by atoms with E-state index in [0.717, 1.165) is 11.4 Å². The van der Waals surface area contributed by atoms with E-state index in [1.54, 1.807) is 0 Å². The molecule has 0 amide bonds. The topological polar surface area (TPSA) is 24.9 Å². The highest BCUT2D eigenvalue weighted by Crippen LogP contribution is 2.44. The summed E-state index contributed by atoms with van der Waals surface area (Å²) in [6.07, 6.45) is 2.27. The van der Waals surface area contributed by atoms with Crippen molar-refractivity contribution in [2.24, 2.45) is 5.41 Å². The highest BCUT2D eigenvalue weighted by molar-refractivity contribution is 7.15. The zero-order valence-electron chi connectivity index (χ0n) is 11.7. The number of hydrogen-bond acceptors (Lipinski definition) is 3. The lowest BCUT2D eigenvalue weighted by atomic mass is 9.76. The monoisotopic (exact) mass is 272 g/mol. The van der Waals surface area contributed by atoms with E-state index in [4.69, 9.17) is 4.98 Å². The first kappa shape index (κ1) is 12.8. The predicted molar refractivity (Wildman–Crippen MR) is 81.5 cm³/mol. The molecule has 1 N–H and O–H groups in total. The molecule has 100 valence electrons. The van der Waals surface area contributed by atoms with E-state index in [2.05, 4.69) is 56.5 Å². The van der Waals surface area contributed by atoms with Gasteiger partial charge in [-0.15, -0.1) is 11.3 Å². The van der Waals surface area contributed by atoms with Crippen molar-refractivity contribution in [3.05, 3.63) is 40.9 Å². The van der Waals surface area contributed by atoms with Crippen LogP contribution in [0.15, 0.2) is 30.3 Å². The summed E-state index contributed by atoms with van der Waals surface area (Å²) < 4.78 is 0. The summed E-state index contributed by atoms with van der Waals surface area (Å²) in [6.45, 7) is 4.67. The molecular formula is C16H20N2S. The molecule has 2 aromatic rings. The third kappa shape index (κ3) is 2.45. The second-order valence-corrected chi connectivity index (χ2v) is 7.11. The van der Waals surface area contributed by atoms with Crippen LogP contribution >= 0.6 is 11.3 Å². The Morgan fingerprint density at radius 2 is 2.00 bits per heavy atom. The number of fused-ring (bicyclic) bond motifs is 1. The van der Waals surface area contributed by atoms with Crippen LogP contribution in [0.4, 0.5) is 0 Å². The molecule has 2 nitrogen and oxygen atoms in total. The highest BCUT2D eigenvalue weighted by atomic mass is 32.1. The lowest BCUT2D eigenvalue weighted by Crippen LogP contribution is -2.30. The maximum atomic E-state index is 4.89. The molecule has 1 aliphatic rings. The molecule has 0 saturated heterocycles. The zero-order chi connectivity index (χ0) is 13.5. The Morgan fingerprint density at radius 3 is 2.68 bits per heavy atom. The third-order valence-corrected chi connectivity index (χ3v) is 5.08. The summed E-state index contributed by atoms with van der Waals surface area (Å²) in [5.74, 6) is 0. The highest BCUT2D eigenvalue weighted by Gasteiger charge is 2.34. The SMILES string of the molecule is CNC1CC(C)(C)Cc2nc(-c3ccccc3)sc21. The molecule has 1 aromatic carbocycles. The van der Waals surface area contributed by atoms with Crippen molar-refractivity contribution >= 4 is 11.3 Å². The van der Waals surface area contributed by atoms with Gasteiger partial charge >= 0.3 is 0 Å². The average Bonchev–Trinajstić information content (AvgIpc) is 2.81. The minimum absolute atomic E-state index is 0.336. The smallest absolute Gasteiger partial charge is 0.123 e. The van der Waals surface area contributed by atoms with Crippen LogP contribution < -0.4 is 5.32 Å². The molecule has 0 saturated carbocycles. The van der Waals surface area contributed by atoms with Crippen LogP contribution in [0.2, 0.25) is 0 Å². The molecule has 0 bridgehead atoms. The van der Waals surface area contributed by atoms with E-state index in [9.17, 15) is 0 Å². The van der Waals surface area contributed by atoms with Gasteiger partial charge in [0, 0.05) is 16.5 Å². The molecule has 1 aliphatic carbocycles. The van der Waals surface area contributed by atoms with Crippen molar-refractivity contribution in [2.75, 3.05) is 7.05 Å². The van der Waals surface area contributed by atoms with Crippen molar-refractivity contribution < 1.29 is 0 Å². The van der Waals surface area contributed by atoms with Crippen LogP contribution in [0.3, 0.4) is 0 Å². The minimum atomic E-state index is 0.336. The third-order valence-electron chi connectivity index (χ3n) is 3.82. The molecule has 3 heteroatoms. The molecule has 0 fully saturated rings. The lowest BCUT2D eigenvalue weighted by molar-refractivity contribution is 0.265. The van der Waals surface area contributed by atoms with Gasteiger partial charge in [0.2, 0.25) is 0 Å². The summed E-state index contributed by atoms with van der Waals surface area (Å²) in [4.78, 5) is 6.32. The number of nitrogens with zero attached hydrogens (tertiary/aromatic N) is 1. The Hall–Kier alpha value is -1.19. The van der Waals surface area contributed by atoms with E-state index in [1.165, 1.54) is 22.6 Å². The molecule has 1 atom stereocenters. The molecule has 19 heavy (non-hydrogen) atoms. The number of benzene rings is 1. The Morgan fingerprint density at radius 1 is 1.26 bits per heavy atom. The summed E-state index contributed by atoms with van der Waals surface area (Å²) in [5.41, 5.74) is 2.86. The number of aromatic nitrogens is 1. The zero-order valence-corrected chi connectivity index (χ0v) is 12.6. The van der Waals surface area contributed by atoms with Crippen LogP contribution in [0.5, 0.6) is 0 Å². The maximum Gasteiger partial charge on any atom is 0.123 e. The normalized spacial score (nSPS) is 21.1. The van der Waals surface area contributed by atoms with Crippen LogP contribution in [0.25, 0.3) is 10.6 Å². The second kappa shape index (κ2) is 4.73. The number of hydrogen-bond donors (Lipinski definition) is 1. The fraction of sp³-hybridized carbons (Fsp3) is 0.438. The standard InChI is InChI=1S/C16H20N2S/c1-16(2)9-12(17-3)14-13(10-16)18-15(19-14)11-7-5-4-6-8-11/h4-8,12,17H,9-10H2,1-3H3. The van der Waals surface area contributed by atoms with Crippen molar-refractivity contribution in [2.45, 2.75) is 32.7 Å². The predicted octanol–water partition coefficient (Wildman–Crippen LogP) is 4.04. The van der Waals surface area contributed by atoms with Crippen LogP contribution in [-0.2, 0) is 6.42 Å². The van der Waals surface area contributed by atoms with Crippen molar-refractivity contribution in [1.29, 1.82) is 0 Å². The van der Waals surface area contributed by atoms with Crippen molar-refractivity contribution in [1.82, 2.24) is 10.3 Å². The van der Waals surface area contributed by atoms with Crippen LogP contribution in [0.1, 0.15) is 36.9 Å². The Labute approximate surface area is 118 Å². The molecule has 1 aromatic heterocycles. The number of nitrogens with one attached hydrogen (secondary N) is 1. The Bertz CT molecular complexity index is 572. The Balaban J connectivity index is 2.03. The molecular weight excluding hydrogens is 252 g/mol. The molecule has 1 heterocycles. The average molecular weight is 272 g/mol. The molecule has 0 aliphatic heterocycles. The van der Waals surface area contributed by atoms with Gasteiger partial charge in [0.15, 0.2) is 0 Å². The quantitative estimate of drug-likeness (QED) is 0.892. The largest absolute Gasteiger partial charge is 0.312 e. The van der Waals surface area contributed by atoms with Gasteiger partial charge in [0.05, 0.1) is 5.69 Å². The fourth-order valence-corrected chi connectivity index (χ4v) is 4.07. The van der Waals surface area contributed by atoms with Gasteiger partial charge in [0.1, 0.15) is 5.01 Å². The summed E-state index contributed by atoms with van der Waals surface area (Å²) in [5, 5.41) is 4.61. The first-order valence-corrected chi connectivity index (χ1v) is 7.63. The first-order chi connectivity index (χ1) is 9.09. The maximum absolute atomic E-state index is 4.89. The lowest BCUT2D eigenvalue weighted by Gasteiger charge is -2.34. The summed E-state index contributed by atoms with van der Waals surface area (Å²) in [7, 11) is 2.05. The van der Waals surface area contributed by atoms with Crippen molar-refractivity contribution in [3.8, 4) is 10.6 Å². The van der Waals surface area contributed by atoms with Gasteiger partial charge in [-0.05, 0) is 25.3 Å². The summed E-state index contributed by atoms with van der Waals surface area (Å²) in [6, 6.07) is 10.9. The molecule has 0 radical (unpaired) electrons. The van der Waals surface area contributed by atoms with Gasteiger partial charge in [-0.1, -0.05) is 44.2 Å². The van der Waals surface area contributed by atoms with Gasteiger partial charge < -0.3 is 5.32 Å². The van der Waals surface area contributed by atoms with E-state index in [-0.39, 0.29) is 0 Å². The van der Waals surface area contributed by atoms with Crippen LogP contribution in [-0.4, -0.2) is 12.0 Å². The fourth-order valence-electron chi connectivity index (χ4n) is 2.87. The molecule has 1 unspecified atom stereocenters. The van der Waals surface area contributed by atoms with Crippen molar-refractivity contribution in [3.63, 3.8) is 0 Å². The molecule has 0 spiro atoms. The number of thiazole rings is 1. The van der Waals surface area contributed by atoms with E-state index in [1.807, 2.05) is 11.3 Å². The number of rotatable bonds is 2. The first-order valence-electron chi connectivity index (χ1n) is 6.81.